The zero-order chi connectivity index (χ0) is 42.0. The van der Waals surface area contributed by atoms with E-state index >= 15 is 0 Å². The zero-order valence-corrected chi connectivity index (χ0v) is 33.9. The number of hydrogen-bond donors (Lipinski definition) is 4. The molecule has 14 nitrogen and oxygen atoms in total. The maximum Gasteiger partial charge on any atom is 0.407 e. The van der Waals surface area contributed by atoms with Gasteiger partial charge < -0.3 is 45.4 Å². The Morgan fingerprint density at radius 3 is 1.49 bits per heavy atom. The van der Waals surface area contributed by atoms with Gasteiger partial charge in [0.15, 0.2) is 0 Å². The number of nitrogens with one attached hydrogen (secondary N) is 3. The van der Waals surface area contributed by atoms with Crippen molar-refractivity contribution in [2.24, 2.45) is 17.6 Å². The number of carbonyl (C=O) groups is 5. The first-order valence-electron chi connectivity index (χ1n) is 19.2. The average molecular weight is 789 g/mol. The van der Waals surface area contributed by atoms with Crippen LogP contribution in [0.3, 0.4) is 0 Å². The topological polar surface area (TPSA) is 194 Å². The van der Waals surface area contributed by atoms with Gasteiger partial charge in [0.1, 0.15) is 42.4 Å². The maximum absolute atomic E-state index is 12.9. The summed E-state index contributed by atoms with van der Waals surface area (Å²) in [7, 11) is 0. The van der Waals surface area contributed by atoms with Crippen LogP contribution in [0, 0.1) is 35.5 Å². The molecule has 0 saturated heterocycles. The fourth-order valence-electron chi connectivity index (χ4n) is 5.43. The summed E-state index contributed by atoms with van der Waals surface area (Å²) in [6.07, 6.45) is 2.96. The number of carbonyl (C=O) groups excluding carboxylic acids is 5. The Balaban J connectivity index is 0.000000315. The second-order valence-electron chi connectivity index (χ2n) is 14.3. The van der Waals surface area contributed by atoms with E-state index in [1.165, 1.54) is 0 Å². The highest BCUT2D eigenvalue weighted by molar-refractivity contribution is 5.98. The molecule has 57 heavy (non-hydrogen) atoms. The molecular weight excluding hydrogens is 732 g/mol. The van der Waals surface area contributed by atoms with Crippen molar-refractivity contribution in [2.45, 2.75) is 104 Å². The molecule has 0 heterocycles. The maximum atomic E-state index is 12.9. The molecule has 0 radical (unpaired) electrons. The summed E-state index contributed by atoms with van der Waals surface area (Å²) >= 11 is 0. The van der Waals surface area contributed by atoms with Crippen molar-refractivity contribution in [2.75, 3.05) is 26.4 Å². The molecule has 2 fully saturated rings. The molecule has 0 unspecified atom stereocenters. The monoisotopic (exact) mass is 788 g/mol. The molecule has 0 spiro atoms. The van der Waals surface area contributed by atoms with Crippen LogP contribution >= 0.6 is 0 Å². The van der Waals surface area contributed by atoms with Crippen molar-refractivity contribution in [1.29, 1.82) is 0 Å². The summed E-state index contributed by atoms with van der Waals surface area (Å²) < 4.78 is 26.4. The van der Waals surface area contributed by atoms with E-state index in [1.54, 1.807) is 97.0 Å². The van der Waals surface area contributed by atoms with Crippen LogP contribution in [0.2, 0.25) is 0 Å². The van der Waals surface area contributed by atoms with Crippen LogP contribution in [0.5, 0.6) is 11.5 Å². The number of rotatable bonds is 17. The molecular formula is C43H56N4O10. The van der Waals surface area contributed by atoms with Crippen LogP contribution in [0.15, 0.2) is 48.5 Å². The molecule has 4 atom stereocenters. The van der Waals surface area contributed by atoms with Crippen LogP contribution in [0.4, 0.5) is 4.79 Å². The fourth-order valence-corrected chi connectivity index (χ4v) is 5.43. The average Bonchev–Trinajstić information content (AvgIpc) is 4.10. The van der Waals surface area contributed by atoms with Crippen molar-refractivity contribution < 1.29 is 47.7 Å². The van der Waals surface area contributed by atoms with Gasteiger partial charge >= 0.3 is 18.0 Å². The fraction of sp³-hybridized carbons (Fsp3) is 0.512. The lowest BCUT2D eigenvalue weighted by Crippen LogP contribution is -2.57. The lowest BCUT2D eigenvalue weighted by atomic mass is 10.0. The lowest BCUT2D eigenvalue weighted by Gasteiger charge is -2.29. The Hall–Kier alpha value is -5.73. The molecule has 5 N–H and O–H groups in total. The van der Waals surface area contributed by atoms with Crippen LogP contribution in [0.25, 0.3) is 0 Å². The summed E-state index contributed by atoms with van der Waals surface area (Å²) in [6.45, 7) is 13.1. The van der Waals surface area contributed by atoms with Crippen molar-refractivity contribution in [3.05, 3.63) is 59.7 Å². The lowest BCUT2D eigenvalue weighted by molar-refractivity contribution is -0.147. The summed E-state index contributed by atoms with van der Waals surface area (Å²) in [5, 5.41) is 8.20. The standard InChI is InChI=1S/C24H32N2O6.C19H24N2O4/c1-6-8-15-31-18-13-11-17(12-14-18)21(27)25-20(22(28)30-7-2)19(16-9-10-16)26-23(29)32-24(3,4)5;1-3-5-12-25-15-10-8-14(9-11-15)18(22)21-17(19(23)24-4-2)16(20)13-6-7-13/h11-14,16,19-20H,7,9-10,15H2,1-5H3,(H,25,27)(H,26,29);8-11,13,16-17H,4,6-7,12,20H2,1-2H3,(H,21,22)/t19-,20+;16-,17+/m11/s1. The highest BCUT2D eigenvalue weighted by Gasteiger charge is 2.43. The van der Waals surface area contributed by atoms with Gasteiger partial charge in [-0.15, -0.1) is 11.8 Å². The second-order valence-corrected chi connectivity index (χ2v) is 14.3. The van der Waals surface area contributed by atoms with Gasteiger partial charge in [-0.05, 0) is 135 Å². The zero-order valence-electron chi connectivity index (χ0n) is 33.9. The summed E-state index contributed by atoms with van der Waals surface area (Å²) in [4.78, 5) is 62.5. The first-order chi connectivity index (χ1) is 27.2. The molecule has 3 amide bonds. The van der Waals surface area contributed by atoms with E-state index in [0.29, 0.717) is 29.2 Å². The van der Waals surface area contributed by atoms with Crippen LogP contribution in [-0.4, -0.2) is 86.0 Å². The number of esters is 2. The third kappa shape index (κ3) is 16.1. The Kier molecular flexibility index (Phi) is 18.2. The summed E-state index contributed by atoms with van der Waals surface area (Å²) in [5.41, 5.74) is 6.21. The highest BCUT2D eigenvalue weighted by Crippen LogP contribution is 2.35. The minimum absolute atomic E-state index is 0.0488. The molecule has 14 heteroatoms. The van der Waals surface area contributed by atoms with Crippen LogP contribution in [0.1, 0.15) is 94.9 Å². The Morgan fingerprint density at radius 1 is 0.684 bits per heavy atom. The van der Waals surface area contributed by atoms with Crippen molar-refractivity contribution in [3.63, 3.8) is 0 Å². The third-order valence-electron chi connectivity index (χ3n) is 8.59. The summed E-state index contributed by atoms with van der Waals surface area (Å²) in [6, 6.07) is 10.2. The van der Waals surface area contributed by atoms with Gasteiger partial charge in [-0.1, -0.05) is 11.8 Å². The molecule has 0 aromatic heterocycles. The van der Waals surface area contributed by atoms with E-state index in [-0.39, 0.29) is 37.6 Å². The molecule has 0 bridgehead atoms. The Bertz CT molecular complexity index is 1780. The minimum atomic E-state index is -1.04. The van der Waals surface area contributed by atoms with E-state index in [1.807, 2.05) is 0 Å². The van der Waals surface area contributed by atoms with Gasteiger partial charge in [0.05, 0.1) is 19.3 Å². The summed E-state index contributed by atoms with van der Waals surface area (Å²) in [5.74, 6) is 10.7. The number of nitrogens with two attached hydrogens (primary N) is 1. The van der Waals surface area contributed by atoms with E-state index in [0.717, 1.165) is 25.7 Å². The number of alkyl carbamates (subject to hydrolysis) is 1. The Morgan fingerprint density at radius 2 is 1.11 bits per heavy atom. The van der Waals surface area contributed by atoms with E-state index in [2.05, 4.69) is 39.6 Å². The predicted octanol–water partition coefficient (Wildman–Crippen LogP) is 4.54. The van der Waals surface area contributed by atoms with Crippen molar-refractivity contribution in [3.8, 4) is 35.2 Å². The molecule has 2 aromatic rings. The molecule has 2 aliphatic carbocycles. The van der Waals surface area contributed by atoms with Gasteiger partial charge in [-0.2, -0.15) is 0 Å². The third-order valence-corrected chi connectivity index (χ3v) is 8.59. The smallest absolute Gasteiger partial charge is 0.407 e. The number of benzene rings is 2. The number of hydrogen-bond acceptors (Lipinski definition) is 11. The minimum Gasteiger partial charge on any atom is -0.481 e. The van der Waals surface area contributed by atoms with E-state index < -0.39 is 53.7 Å². The Labute approximate surface area is 335 Å². The highest BCUT2D eigenvalue weighted by atomic mass is 16.6. The van der Waals surface area contributed by atoms with Crippen LogP contribution in [-0.2, 0) is 23.8 Å². The first kappa shape index (κ1) is 45.7. The van der Waals surface area contributed by atoms with Gasteiger partial charge in [-0.25, -0.2) is 14.4 Å². The molecule has 2 aromatic carbocycles. The molecule has 0 aliphatic heterocycles. The van der Waals surface area contributed by atoms with Crippen molar-refractivity contribution >= 4 is 29.8 Å². The van der Waals surface area contributed by atoms with E-state index in [4.69, 9.17) is 29.4 Å². The van der Waals surface area contributed by atoms with Gasteiger partial charge in [0.25, 0.3) is 11.8 Å². The van der Waals surface area contributed by atoms with Gasteiger partial charge in [0, 0.05) is 17.2 Å². The largest absolute Gasteiger partial charge is 0.481 e. The molecule has 2 aliphatic rings. The quantitative estimate of drug-likeness (QED) is 0.0999. The molecule has 308 valence electrons. The van der Waals surface area contributed by atoms with Gasteiger partial charge in [-0.3, -0.25) is 9.59 Å². The van der Waals surface area contributed by atoms with Crippen molar-refractivity contribution in [1.82, 2.24) is 16.0 Å². The van der Waals surface area contributed by atoms with Gasteiger partial charge in [0.2, 0.25) is 0 Å². The number of ether oxygens (including phenoxy) is 5. The normalized spacial score (nSPS) is 15.0. The first-order valence-corrected chi connectivity index (χ1v) is 19.2. The molecule has 4 rings (SSSR count). The second kappa shape index (κ2) is 22.7. The van der Waals surface area contributed by atoms with Crippen LogP contribution < -0.4 is 31.2 Å². The number of amides is 3. The predicted molar refractivity (Wildman–Crippen MR) is 213 cm³/mol. The SMILES string of the molecule is CC#CCOc1ccc(C(=O)N[C@H](C(=O)OCC)[C@H](N)C2CC2)cc1.CC#CCOc1ccc(C(=O)N[C@H](C(=O)OCC)[C@H](NC(=O)OC(C)(C)C)C2CC2)cc1. The van der Waals surface area contributed by atoms with E-state index in [9.17, 15) is 24.0 Å². The molecule has 2 saturated carbocycles.